The van der Waals surface area contributed by atoms with Gasteiger partial charge in [0, 0.05) is 5.41 Å². The topological polar surface area (TPSA) is 135 Å². The third-order valence-corrected chi connectivity index (χ3v) is 6.20. The van der Waals surface area contributed by atoms with Gasteiger partial charge in [-0.05, 0) is 12.8 Å². The Morgan fingerprint density at radius 2 is 0.906 bits per heavy atom. The van der Waals surface area contributed by atoms with Crippen LogP contribution in [-0.4, -0.2) is 57.3 Å². The minimum Gasteiger partial charge on any atom is -0.481 e. The smallest absolute Gasteiger partial charge is 0.317 e. The average Bonchev–Trinajstić information content (AvgIpc) is 2.78. The van der Waals surface area contributed by atoms with Gasteiger partial charge in [0.15, 0.2) is 5.92 Å². The first-order valence-electron chi connectivity index (χ1n) is 12.6. The zero-order chi connectivity index (χ0) is 24.7. The number of hydrogen-bond donors (Lipinski definition) is 5. The van der Waals surface area contributed by atoms with Crippen LogP contribution in [0.25, 0.3) is 0 Å². The van der Waals surface area contributed by atoms with E-state index in [4.69, 9.17) is 25.5 Å². The van der Waals surface area contributed by atoms with E-state index in [0.29, 0.717) is 12.8 Å². The lowest BCUT2D eigenvalue weighted by Gasteiger charge is -2.24. The molecule has 0 aromatic carbocycles. The molecule has 0 aromatic rings. The Morgan fingerprint density at radius 1 is 0.594 bits per heavy atom. The van der Waals surface area contributed by atoms with Gasteiger partial charge in [0.1, 0.15) is 0 Å². The van der Waals surface area contributed by atoms with E-state index in [1.807, 2.05) is 6.92 Å². The van der Waals surface area contributed by atoms with Crippen LogP contribution in [0.5, 0.6) is 0 Å². The Hall–Kier alpha value is -1.18. The van der Waals surface area contributed by atoms with Crippen LogP contribution in [0.15, 0.2) is 0 Å². The number of aliphatic hydroxyl groups is 3. The lowest BCUT2D eigenvalue weighted by atomic mass is 9.88. The zero-order valence-corrected chi connectivity index (χ0v) is 20.6. The molecule has 0 radical (unpaired) electrons. The second-order valence-corrected chi connectivity index (χ2v) is 8.94. The van der Waals surface area contributed by atoms with Crippen LogP contribution in [0, 0.1) is 11.3 Å². The van der Waals surface area contributed by atoms with Crippen LogP contribution in [0.3, 0.4) is 0 Å². The molecule has 0 saturated heterocycles. The van der Waals surface area contributed by atoms with Gasteiger partial charge in [0.2, 0.25) is 0 Å². The molecule has 7 nitrogen and oxygen atoms in total. The first kappa shape index (κ1) is 33.0. The molecule has 0 rings (SSSR count). The quantitative estimate of drug-likeness (QED) is 0.120. The van der Waals surface area contributed by atoms with Gasteiger partial charge in [-0.15, -0.1) is 0 Å². The minimum absolute atomic E-state index is 0.156. The maximum Gasteiger partial charge on any atom is 0.317 e. The Kier molecular flexibility index (Phi) is 23.7. The van der Waals surface area contributed by atoms with E-state index in [2.05, 4.69) is 6.92 Å². The summed E-state index contributed by atoms with van der Waals surface area (Å²) in [5.41, 5.74) is -0.667. The van der Waals surface area contributed by atoms with Crippen molar-refractivity contribution < 1.29 is 35.1 Å². The maximum absolute atomic E-state index is 10.7. The molecule has 7 heteroatoms. The predicted molar refractivity (Wildman–Crippen MR) is 128 cm³/mol. The zero-order valence-electron chi connectivity index (χ0n) is 20.6. The molecule has 5 N–H and O–H groups in total. The van der Waals surface area contributed by atoms with Gasteiger partial charge >= 0.3 is 11.9 Å². The molecule has 0 aliphatic rings. The van der Waals surface area contributed by atoms with Gasteiger partial charge in [-0.25, -0.2) is 0 Å². The molecule has 0 amide bonds. The van der Waals surface area contributed by atoms with Gasteiger partial charge in [-0.3, -0.25) is 9.59 Å². The third-order valence-electron chi connectivity index (χ3n) is 6.20. The molecule has 0 saturated carbocycles. The van der Waals surface area contributed by atoms with Crippen LogP contribution in [0.1, 0.15) is 117 Å². The largest absolute Gasteiger partial charge is 0.481 e. The van der Waals surface area contributed by atoms with Crippen LogP contribution < -0.4 is 0 Å². The van der Waals surface area contributed by atoms with Crippen molar-refractivity contribution in [3.05, 3.63) is 0 Å². The molecule has 0 aliphatic heterocycles. The summed E-state index contributed by atoms with van der Waals surface area (Å²) in [5, 5.41) is 43.5. The van der Waals surface area contributed by atoms with E-state index >= 15 is 0 Å². The van der Waals surface area contributed by atoms with E-state index in [1.165, 1.54) is 70.6 Å². The Morgan fingerprint density at radius 3 is 1.12 bits per heavy atom. The van der Waals surface area contributed by atoms with Crippen molar-refractivity contribution in [3.8, 4) is 0 Å². The fraction of sp³-hybridized carbons (Fsp3) is 0.920. The second-order valence-electron chi connectivity index (χ2n) is 8.94. The summed E-state index contributed by atoms with van der Waals surface area (Å²) >= 11 is 0. The number of unbranched alkanes of at least 4 members (excludes halogenated alkanes) is 13. The molecule has 32 heavy (non-hydrogen) atoms. The summed E-state index contributed by atoms with van der Waals surface area (Å²) in [6.07, 6.45) is 18.2. The van der Waals surface area contributed by atoms with Crippen molar-refractivity contribution in [2.45, 2.75) is 117 Å². The van der Waals surface area contributed by atoms with Crippen molar-refractivity contribution >= 4 is 11.9 Å². The lowest BCUT2D eigenvalue weighted by Crippen LogP contribution is -2.32. The lowest BCUT2D eigenvalue weighted by molar-refractivity contribution is -0.154. The summed E-state index contributed by atoms with van der Waals surface area (Å²) in [6, 6.07) is 0. The number of hydrogen-bond acceptors (Lipinski definition) is 5. The first-order chi connectivity index (χ1) is 15.3. The van der Waals surface area contributed by atoms with Crippen molar-refractivity contribution in [1.29, 1.82) is 0 Å². The molecule has 0 fully saturated rings. The normalized spacial score (nSPS) is 11.3. The van der Waals surface area contributed by atoms with E-state index in [9.17, 15) is 9.59 Å². The van der Waals surface area contributed by atoms with Gasteiger partial charge in [0.05, 0.1) is 19.8 Å². The number of carboxylic acids is 2. The molecule has 0 heterocycles. The molecule has 0 bridgehead atoms. The van der Waals surface area contributed by atoms with Crippen molar-refractivity contribution in [3.63, 3.8) is 0 Å². The highest BCUT2D eigenvalue weighted by atomic mass is 16.4. The summed E-state index contributed by atoms with van der Waals surface area (Å²) in [4.78, 5) is 21.5. The second kappa shape index (κ2) is 23.0. The van der Waals surface area contributed by atoms with E-state index < -0.39 is 23.3 Å². The Bertz CT molecular complexity index is 404. The van der Waals surface area contributed by atoms with Gasteiger partial charge in [0.25, 0.3) is 0 Å². The highest BCUT2D eigenvalue weighted by Gasteiger charge is 2.25. The highest BCUT2D eigenvalue weighted by Crippen LogP contribution is 2.18. The first-order valence-corrected chi connectivity index (χ1v) is 12.6. The van der Waals surface area contributed by atoms with Gasteiger partial charge < -0.3 is 25.5 Å². The number of rotatable bonds is 21. The summed E-state index contributed by atoms with van der Waals surface area (Å²) in [6.45, 7) is 3.60. The summed E-state index contributed by atoms with van der Waals surface area (Å²) in [7, 11) is 0. The van der Waals surface area contributed by atoms with E-state index in [0.717, 1.165) is 12.8 Å². The maximum atomic E-state index is 10.7. The van der Waals surface area contributed by atoms with E-state index in [-0.39, 0.29) is 26.2 Å². The Labute approximate surface area is 195 Å². The molecule has 192 valence electrons. The molecule has 0 atom stereocenters. The minimum atomic E-state index is -1.23. The standard InChI is InChI=1S/C19H36O4.C6H14O3/c1-2-3-4-5-6-7-8-9-10-11-12-13-14-15-16-17(18(20)21)19(22)23;1-2-6(3-7,4-8)5-9/h17H,2-16H2,1H3,(H,20,21)(H,22,23);7-9H,2-5H2,1H3. The van der Waals surface area contributed by atoms with Crippen LogP contribution in [0.2, 0.25) is 0 Å². The monoisotopic (exact) mass is 462 g/mol. The van der Waals surface area contributed by atoms with Crippen LogP contribution >= 0.6 is 0 Å². The van der Waals surface area contributed by atoms with Crippen LogP contribution in [0.4, 0.5) is 0 Å². The summed E-state index contributed by atoms with van der Waals surface area (Å²) < 4.78 is 0. The molecule has 0 unspecified atom stereocenters. The van der Waals surface area contributed by atoms with Crippen molar-refractivity contribution in [1.82, 2.24) is 0 Å². The molecular formula is C25H50O7. The Balaban J connectivity index is 0. The predicted octanol–water partition coefficient (Wildman–Crippen LogP) is 5.00. The third kappa shape index (κ3) is 18.4. The molecule has 0 spiro atoms. The number of aliphatic hydroxyl groups excluding tert-OH is 3. The van der Waals surface area contributed by atoms with Gasteiger partial charge in [-0.2, -0.15) is 0 Å². The molecule has 0 aliphatic carbocycles. The fourth-order valence-electron chi connectivity index (χ4n) is 3.38. The van der Waals surface area contributed by atoms with Crippen molar-refractivity contribution in [2.75, 3.05) is 19.8 Å². The van der Waals surface area contributed by atoms with Crippen molar-refractivity contribution in [2.24, 2.45) is 11.3 Å². The highest BCUT2D eigenvalue weighted by molar-refractivity contribution is 5.92. The fourth-order valence-corrected chi connectivity index (χ4v) is 3.38. The SMILES string of the molecule is CCC(CO)(CO)CO.CCCCCCCCCCCCCCCCC(C(=O)O)C(=O)O. The number of carbonyl (C=O) groups is 2. The van der Waals surface area contributed by atoms with E-state index in [1.54, 1.807) is 0 Å². The molecular weight excluding hydrogens is 412 g/mol. The van der Waals surface area contributed by atoms with Gasteiger partial charge in [-0.1, -0.05) is 104 Å². The number of carboxylic acid groups (broad SMARTS) is 2. The average molecular weight is 463 g/mol. The summed E-state index contributed by atoms with van der Waals surface area (Å²) in [5.74, 6) is -3.66. The molecule has 0 aromatic heterocycles. The van der Waals surface area contributed by atoms with Crippen LogP contribution in [-0.2, 0) is 9.59 Å². The number of aliphatic carboxylic acids is 2.